The molecule has 3 unspecified atom stereocenters. The Hall–Kier alpha value is -1.10. The lowest BCUT2D eigenvalue weighted by Gasteiger charge is -2.27. The van der Waals surface area contributed by atoms with Crippen molar-refractivity contribution in [3.05, 3.63) is 28.8 Å². The minimum atomic E-state index is -0.593. The van der Waals surface area contributed by atoms with Gasteiger partial charge in [0.2, 0.25) is 0 Å². The molecule has 4 heteroatoms. The zero-order valence-electron chi connectivity index (χ0n) is 13.1. The number of rotatable bonds is 7. The van der Waals surface area contributed by atoms with Crippen molar-refractivity contribution in [3.8, 4) is 5.75 Å². The van der Waals surface area contributed by atoms with Gasteiger partial charge >= 0.3 is 0 Å². The first-order valence-electron chi connectivity index (χ1n) is 7.15. The van der Waals surface area contributed by atoms with E-state index in [9.17, 15) is 10.2 Å². The molecule has 0 radical (unpaired) electrons. The van der Waals surface area contributed by atoms with Crippen LogP contribution in [0.1, 0.15) is 43.1 Å². The average Bonchev–Trinajstić information content (AvgIpc) is 2.38. The van der Waals surface area contributed by atoms with Crippen LogP contribution in [0.4, 0.5) is 0 Å². The molecule has 20 heavy (non-hydrogen) atoms. The molecule has 1 aromatic rings. The van der Waals surface area contributed by atoms with Gasteiger partial charge in [-0.25, -0.2) is 0 Å². The lowest BCUT2D eigenvalue weighted by Crippen LogP contribution is -2.38. The van der Waals surface area contributed by atoms with Crippen LogP contribution in [0.3, 0.4) is 0 Å². The number of hydrogen-bond acceptors (Lipinski definition) is 4. The van der Waals surface area contributed by atoms with Gasteiger partial charge in [0, 0.05) is 12.6 Å². The van der Waals surface area contributed by atoms with Crippen LogP contribution in [0.2, 0.25) is 0 Å². The summed E-state index contributed by atoms with van der Waals surface area (Å²) in [5.74, 6) is 0.806. The van der Waals surface area contributed by atoms with Crippen LogP contribution in [0, 0.1) is 13.8 Å². The van der Waals surface area contributed by atoms with E-state index in [1.54, 1.807) is 14.0 Å². The second-order valence-electron chi connectivity index (χ2n) is 5.39. The SMILES string of the molecule is CCC(NCC(C)O)C(O)c1c(C)cc(OC)cc1C. The molecule has 0 aliphatic heterocycles. The number of benzene rings is 1. The monoisotopic (exact) mass is 281 g/mol. The van der Waals surface area contributed by atoms with Crippen molar-refractivity contribution in [1.82, 2.24) is 5.32 Å². The molecule has 0 amide bonds. The minimum Gasteiger partial charge on any atom is -0.497 e. The van der Waals surface area contributed by atoms with Crippen molar-refractivity contribution in [1.29, 1.82) is 0 Å². The fourth-order valence-corrected chi connectivity index (χ4v) is 2.52. The molecule has 0 aliphatic rings. The van der Waals surface area contributed by atoms with Gasteiger partial charge in [-0.3, -0.25) is 0 Å². The van der Waals surface area contributed by atoms with E-state index in [0.29, 0.717) is 6.54 Å². The van der Waals surface area contributed by atoms with Crippen molar-refractivity contribution >= 4 is 0 Å². The van der Waals surface area contributed by atoms with Gasteiger partial charge in [0.05, 0.1) is 19.3 Å². The predicted octanol–water partition coefficient (Wildman–Crippen LogP) is 2.09. The summed E-state index contributed by atoms with van der Waals surface area (Å²) >= 11 is 0. The van der Waals surface area contributed by atoms with E-state index in [0.717, 1.165) is 28.9 Å². The third-order valence-corrected chi connectivity index (χ3v) is 3.60. The molecule has 0 fully saturated rings. The lowest BCUT2D eigenvalue weighted by molar-refractivity contribution is 0.111. The van der Waals surface area contributed by atoms with Gasteiger partial charge in [-0.2, -0.15) is 0 Å². The van der Waals surface area contributed by atoms with Crippen molar-refractivity contribution < 1.29 is 14.9 Å². The summed E-state index contributed by atoms with van der Waals surface area (Å²) in [4.78, 5) is 0. The molecule has 0 bridgehead atoms. The molecule has 0 saturated carbocycles. The number of aliphatic hydroxyl groups is 2. The van der Waals surface area contributed by atoms with E-state index in [1.165, 1.54) is 0 Å². The van der Waals surface area contributed by atoms with Gasteiger partial charge in [0.15, 0.2) is 0 Å². The Labute approximate surface area is 121 Å². The van der Waals surface area contributed by atoms with E-state index in [4.69, 9.17) is 4.74 Å². The van der Waals surface area contributed by atoms with Crippen molar-refractivity contribution in [2.75, 3.05) is 13.7 Å². The maximum absolute atomic E-state index is 10.6. The van der Waals surface area contributed by atoms with Gasteiger partial charge in [-0.05, 0) is 56.0 Å². The predicted molar refractivity (Wildman–Crippen MR) is 81.2 cm³/mol. The summed E-state index contributed by atoms with van der Waals surface area (Å²) in [6.45, 7) is 8.20. The van der Waals surface area contributed by atoms with E-state index >= 15 is 0 Å². The van der Waals surface area contributed by atoms with E-state index in [1.807, 2.05) is 32.9 Å². The molecule has 1 aromatic carbocycles. The molecule has 0 heterocycles. The fourth-order valence-electron chi connectivity index (χ4n) is 2.52. The summed E-state index contributed by atoms with van der Waals surface area (Å²) < 4.78 is 5.25. The van der Waals surface area contributed by atoms with Crippen LogP contribution in [0.15, 0.2) is 12.1 Å². The Balaban J connectivity index is 2.97. The quantitative estimate of drug-likeness (QED) is 0.716. The number of aliphatic hydroxyl groups excluding tert-OH is 2. The summed E-state index contributed by atoms with van der Waals surface area (Å²) in [5.41, 5.74) is 2.98. The summed E-state index contributed by atoms with van der Waals surface area (Å²) in [7, 11) is 1.64. The van der Waals surface area contributed by atoms with Gasteiger partial charge in [0.1, 0.15) is 5.75 Å². The highest BCUT2D eigenvalue weighted by Crippen LogP contribution is 2.29. The van der Waals surface area contributed by atoms with Crippen LogP contribution < -0.4 is 10.1 Å². The Bertz CT molecular complexity index is 409. The molecule has 3 atom stereocenters. The highest BCUT2D eigenvalue weighted by atomic mass is 16.5. The normalized spacial score (nSPS) is 15.8. The minimum absolute atomic E-state index is 0.0737. The third-order valence-electron chi connectivity index (χ3n) is 3.60. The van der Waals surface area contributed by atoms with Crippen molar-refractivity contribution in [3.63, 3.8) is 0 Å². The maximum atomic E-state index is 10.6. The lowest BCUT2D eigenvalue weighted by atomic mass is 9.92. The Kier molecular flexibility index (Phi) is 6.46. The molecule has 3 N–H and O–H groups in total. The second-order valence-corrected chi connectivity index (χ2v) is 5.39. The van der Waals surface area contributed by atoms with Gasteiger partial charge in [0.25, 0.3) is 0 Å². The van der Waals surface area contributed by atoms with Gasteiger partial charge in [-0.1, -0.05) is 6.92 Å². The molecular weight excluding hydrogens is 254 g/mol. The molecule has 1 rings (SSSR count). The molecule has 0 spiro atoms. The van der Waals surface area contributed by atoms with Crippen molar-refractivity contribution in [2.45, 2.75) is 52.4 Å². The van der Waals surface area contributed by atoms with E-state index in [2.05, 4.69) is 5.32 Å². The number of methoxy groups -OCH3 is 1. The summed E-state index contributed by atoms with van der Waals surface area (Å²) in [6, 6.07) is 3.80. The highest BCUT2D eigenvalue weighted by Gasteiger charge is 2.23. The molecular formula is C16H27NO3. The molecule has 0 saturated heterocycles. The Morgan fingerprint density at radius 3 is 2.15 bits per heavy atom. The first-order valence-corrected chi connectivity index (χ1v) is 7.15. The number of nitrogens with one attached hydrogen (secondary N) is 1. The average molecular weight is 281 g/mol. The zero-order valence-corrected chi connectivity index (χ0v) is 13.1. The first kappa shape index (κ1) is 17.0. The van der Waals surface area contributed by atoms with Crippen LogP contribution in [0.25, 0.3) is 0 Å². The second kappa shape index (κ2) is 7.62. The van der Waals surface area contributed by atoms with Crippen LogP contribution in [0.5, 0.6) is 5.75 Å². The molecule has 0 aliphatic carbocycles. The van der Waals surface area contributed by atoms with E-state index < -0.39 is 12.2 Å². The van der Waals surface area contributed by atoms with Gasteiger partial charge < -0.3 is 20.3 Å². The van der Waals surface area contributed by atoms with Crippen LogP contribution >= 0.6 is 0 Å². The molecule has 114 valence electrons. The number of hydrogen-bond donors (Lipinski definition) is 3. The van der Waals surface area contributed by atoms with Crippen LogP contribution in [-0.4, -0.2) is 36.0 Å². The molecule has 4 nitrogen and oxygen atoms in total. The van der Waals surface area contributed by atoms with Crippen LogP contribution in [-0.2, 0) is 0 Å². The fraction of sp³-hybridized carbons (Fsp3) is 0.625. The largest absolute Gasteiger partial charge is 0.497 e. The topological polar surface area (TPSA) is 61.7 Å². The van der Waals surface area contributed by atoms with Gasteiger partial charge in [-0.15, -0.1) is 0 Å². The summed E-state index contributed by atoms with van der Waals surface area (Å²) in [5, 5.41) is 23.2. The maximum Gasteiger partial charge on any atom is 0.119 e. The standard InChI is InChI=1S/C16H27NO3/c1-6-14(17-9-12(4)18)16(19)15-10(2)7-13(20-5)8-11(15)3/h7-8,12,14,16-19H,6,9H2,1-5H3. The summed E-state index contributed by atoms with van der Waals surface area (Å²) in [6.07, 6.45) is -0.224. The van der Waals surface area contributed by atoms with Crippen molar-refractivity contribution in [2.24, 2.45) is 0 Å². The first-order chi connectivity index (χ1) is 9.40. The Morgan fingerprint density at radius 1 is 1.20 bits per heavy atom. The van der Waals surface area contributed by atoms with E-state index in [-0.39, 0.29) is 6.04 Å². The smallest absolute Gasteiger partial charge is 0.119 e. The Morgan fingerprint density at radius 2 is 1.75 bits per heavy atom. The highest BCUT2D eigenvalue weighted by molar-refractivity contribution is 5.42. The third kappa shape index (κ3) is 4.20. The zero-order chi connectivity index (χ0) is 15.3. The number of aryl methyl sites for hydroxylation is 2. The number of ether oxygens (including phenoxy) is 1. The molecule has 0 aromatic heterocycles.